The van der Waals surface area contributed by atoms with Crippen molar-refractivity contribution in [3.05, 3.63) is 38.6 Å². The third kappa shape index (κ3) is 2.85. The van der Waals surface area contributed by atoms with Crippen molar-refractivity contribution >= 4 is 33.0 Å². The smallest absolute Gasteiger partial charge is 0.296 e. The van der Waals surface area contributed by atoms with Crippen molar-refractivity contribution in [3.63, 3.8) is 0 Å². The molecule has 0 radical (unpaired) electrons. The largest absolute Gasteiger partial charge is 0.345 e. The number of pyridine rings is 1. The molecule has 3 aliphatic carbocycles. The predicted molar refractivity (Wildman–Crippen MR) is 103 cm³/mol. The Balaban J connectivity index is 1.45. The number of nitrogens with zero attached hydrogens (tertiary/aromatic N) is 3. The fraction of sp³-hybridized carbons (Fsp3) is 0.579. The molecule has 1 amide bonds. The van der Waals surface area contributed by atoms with Gasteiger partial charge in [0, 0.05) is 28.3 Å². The number of amides is 1. The van der Waals surface area contributed by atoms with Gasteiger partial charge in [0.15, 0.2) is 5.69 Å². The molecule has 0 aromatic carbocycles. The second-order valence-corrected chi connectivity index (χ2v) is 9.48. The lowest BCUT2D eigenvalue weighted by molar-refractivity contribution is -0.383. The molecule has 3 fully saturated rings. The monoisotopic (exact) mass is 432 g/mol. The fourth-order valence-electron chi connectivity index (χ4n) is 5.91. The summed E-state index contributed by atoms with van der Waals surface area (Å²) in [6.07, 6.45) is 10.0. The molecule has 7 nitrogen and oxygen atoms in total. The molecule has 3 bridgehead atoms. The first-order valence-electron chi connectivity index (χ1n) is 9.58. The Morgan fingerprint density at radius 3 is 2.93 bits per heavy atom. The van der Waals surface area contributed by atoms with Crippen molar-refractivity contribution in [1.82, 2.24) is 14.9 Å². The molecule has 0 spiro atoms. The number of aromatic nitrogens is 2. The number of carbonyl (C=O) groups excluding carboxylic acids is 1. The van der Waals surface area contributed by atoms with Crippen LogP contribution in [-0.2, 0) is 0 Å². The van der Waals surface area contributed by atoms with Gasteiger partial charge >= 0.3 is 0 Å². The summed E-state index contributed by atoms with van der Waals surface area (Å²) in [5.41, 5.74) is 0.389. The van der Waals surface area contributed by atoms with Crippen molar-refractivity contribution in [1.29, 1.82) is 0 Å². The second-order valence-electron chi connectivity index (χ2n) is 8.56. The van der Waals surface area contributed by atoms with E-state index >= 15 is 0 Å². The molecule has 3 aliphatic rings. The van der Waals surface area contributed by atoms with E-state index in [1.54, 1.807) is 6.20 Å². The zero-order valence-corrected chi connectivity index (χ0v) is 16.4. The van der Waals surface area contributed by atoms with Gasteiger partial charge in [0.1, 0.15) is 5.52 Å². The van der Waals surface area contributed by atoms with Gasteiger partial charge in [-0.1, -0.05) is 19.3 Å². The van der Waals surface area contributed by atoms with Gasteiger partial charge in [-0.2, -0.15) is 5.10 Å². The Labute approximate surface area is 164 Å². The Hall–Kier alpha value is -1.96. The second kappa shape index (κ2) is 6.02. The average Bonchev–Trinajstić information content (AvgIpc) is 3.08. The molecular weight excluding hydrogens is 412 g/mol. The Morgan fingerprint density at radius 1 is 1.30 bits per heavy atom. The molecular formula is C19H21BrN4O3. The van der Waals surface area contributed by atoms with Crippen LogP contribution in [-0.4, -0.2) is 26.0 Å². The topological polar surface area (TPSA) is 89.5 Å². The van der Waals surface area contributed by atoms with Crippen LogP contribution in [0, 0.1) is 27.9 Å². The van der Waals surface area contributed by atoms with Gasteiger partial charge in [-0.15, -0.1) is 0 Å². The van der Waals surface area contributed by atoms with E-state index in [0.717, 1.165) is 37.0 Å². The highest BCUT2D eigenvalue weighted by Crippen LogP contribution is 2.55. The standard InChI is InChI=1S/C19H21BrN4O3/c20-14-5-17(24(26)27)16-6-15(22-23(16)10-14)18(25)21-19-7-11-2-1-3-12(8-19)13(4-11)9-19/h5-6,10-13H,1-4,7-9H2,(H,21,25). The third-order valence-electron chi connectivity index (χ3n) is 6.80. The molecule has 2 aromatic heterocycles. The number of fused-ring (bicyclic) bond motifs is 3. The summed E-state index contributed by atoms with van der Waals surface area (Å²) in [7, 11) is 0. The van der Waals surface area contributed by atoms with E-state index in [1.807, 2.05) is 0 Å². The van der Waals surface area contributed by atoms with Gasteiger partial charge in [0.05, 0.1) is 4.92 Å². The van der Waals surface area contributed by atoms with Crippen molar-refractivity contribution < 1.29 is 9.72 Å². The average molecular weight is 433 g/mol. The van der Waals surface area contributed by atoms with Crippen LogP contribution < -0.4 is 5.32 Å². The molecule has 4 atom stereocenters. The number of carbonyl (C=O) groups is 1. The van der Waals surface area contributed by atoms with E-state index < -0.39 is 4.92 Å². The van der Waals surface area contributed by atoms with E-state index in [9.17, 15) is 14.9 Å². The van der Waals surface area contributed by atoms with Gasteiger partial charge in [-0.25, -0.2) is 4.52 Å². The van der Waals surface area contributed by atoms with Gasteiger partial charge in [0.25, 0.3) is 11.6 Å². The van der Waals surface area contributed by atoms with Gasteiger partial charge < -0.3 is 5.32 Å². The lowest BCUT2D eigenvalue weighted by Crippen LogP contribution is -2.49. The molecule has 2 aromatic rings. The third-order valence-corrected chi connectivity index (χ3v) is 7.24. The summed E-state index contributed by atoms with van der Waals surface area (Å²) in [5, 5.41) is 18.9. The van der Waals surface area contributed by atoms with Crippen LogP contribution in [0.3, 0.4) is 0 Å². The van der Waals surface area contributed by atoms with E-state index in [2.05, 4.69) is 26.3 Å². The Kier molecular flexibility index (Phi) is 3.83. The minimum Gasteiger partial charge on any atom is -0.345 e. The van der Waals surface area contributed by atoms with E-state index in [-0.39, 0.29) is 22.8 Å². The molecule has 1 N–H and O–H groups in total. The summed E-state index contributed by atoms with van der Waals surface area (Å²) in [6, 6.07) is 2.95. The maximum absolute atomic E-state index is 13.0. The molecule has 5 rings (SSSR count). The first-order valence-corrected chi connectivity index (χ1v) is 10.4. The van der Waals surface area contributed by atoms with E-state index in [0.29, 0.717) is 9.99 Å². The number of hydrogen-bond donors (Lipinski definition) is 1. The molecule has 2 heterocycles. The fourth-order valence-corrected chi connectivity index (χ4v) is 6.32. The van der Waals surface area contributed by atoms with Crippen molar-refractivity contribution in [2.75, 3.05) is 0 Å². The number of rotatable bonds is 3. The summed E-state index contributed by atoms with van der Waals surface area (Å²) in [5.74, 6) is 1.97. The Bertz CT molecular complexity index is 954. The van der Waals surface area contributed by atoms with Crippen molar-refractivity contribution in [2.45, 2.75) is 50.5 Å². The highest BCUT2D eigenvalue weighted by molar-refractivity contribution is 9.10. The van der Waals surface area contributed by atoms with Crippen LogP contribution in [0.15, 0.2) is 22.8 Å². The number of halogens is 1. The minimum atomic E-state index is -0.452. The minimum absolute atomic E-state index is 0.0674. The van der Waals surface area contributed by atoms with Gasteiger partial charge in [-0.3, -0.25) is 14.9 Å². The van der Waals surface area contributed by atoms with Crippen LogP contribution >= 0.6 is 15.9 Å². The molecule has 142 valence electrons. The van der Waals surface area contributed by atoms with Crippen molar-refractivity contribution in [2.24, 2.45) is 17.8 Å². The first kappa shape index (κ1) is 17.2. The lowest BCUT2D eigenvalue weighted by Gasteiger charge is -2.38. The van der Waals surface area contributed by atoms with E-state index in [1.165, 1.54) is 42.3 Å². The maximum atomic E-state index is 13.0. The highest BCUT2D eigenvalue weighted by atomic mass is 79.9. The summed E-state index contributed by atoms with van der Waals surface area (Å²) in [6.45, 7) is 0. The molecule has 0 aliphatic heterocycles. The summed E-state index contributed by atoms with van der Waals surface area (Å²) < 4.78 is 1.95. The summed E-state index contributed by atoms with van der Waals surface area (Å²) >= 11 is 3.26. The van der Waals surface area contributed by atoms with Gasteiger partial charge in [-0.05, 0) is 59.4 Å². The predicted octanol–water partition coefficient (Wildman–Crippen LogP) is 4.09. The van der Waals surface area contributed by atoms with Crippen LogP contribution in [0.25, 0.3) is 5.52 Å². The van der Waals surface area contributed by atoms with E-state index in [4.69, 9.17) is 0 Å². The maximum Gasteiger partial charge on any atom is 0.296 e. The zero-order valence-electron chi connectivity index (χ0n) is 14.9. The quantitative estimate of drug-likeness (QED) is 0.583. The van der Waals surface area contributed by atoms with Crippen LogP contribution in [0.5, 0.6) is 0 Å². The van der Waals surface area contributed by atoms with Crippen LogP contribution in [0.4, 0.5) is 5.69 Å². The zero-order chi connectivity index (χ0) is 18.8. The molecule has 0 saturated heterocycles. The molecule has 27 heavy (non-hydrogen) atoms. The lowest BCUT2D eigenvalue weighted by atomic mass is 9.75. The first-order chi connectivity index (χ1) is 12.9. The summed E-state index contributed by atoms with van der Waals surface area (Å²) in [4.78, 5) is 23.9. The molecule has 3 saturated carbocycles. The number of hydrogen-bond acceptors (Lipinski definition) is 4. The van der Waals surface area contributed by atoms with Gasteiger partial charge in [0.2, 0.25) is 0 Å². The Morgan fingerprint density at radius 2 is 2.11 bits per heavy atom. The van der Waals surface area contributed by atoms with Crippen molar-refractivity contribution in [3.8, 4) is 0 Å². The SMILES string of the molecule is O=C(NC12CC3CCCC(C1)C(C3)C2)c1cc2c([N+](=O)[O-])cc(Br)cn2n1. The van der Waals surface area contributed by atoms with Crippen LogP contribution in [0.2, 0.25) is 0 Å². The normalized spacial score (nSPS) is 31.8. The number of nitrogens with one attached hydrogen (secondary N) is 1. The molecule has 8 heteroatoms. The molecule has 4 unspecified atom stereocenters. The highest BCUT2D eigenvalue weighted by Gasteiger charge is 2.52. The van der Waals surface area contributed by atoms with Crippen LogP contribution in [0.1, 0.15) is 55.4 Å². The number of nitro groups is 1.